The first kappa shape index (κ1) is 8.38. The molecule has 0 spiro atoms. The Balaban J connectivity index is 2.14. The maximum atomic E-state index is 4.62. The Morgan fingerprint density at radius 1 is 1.14 bits per heavy atom. The molecule has 0 N–H and O–H groups in total. The Bertz CT molecular complexity index is 465. The molecule has 0 fully saturated rings. The van der Waals surface area contributed by atoms with Gasteiger partial charge in [0.05, 0.1) is 10.6 Å². The van der Waals surface area contributed by atoms with E-state index in [0.717, 1.165) is 13.0 Å². The smallest absolute Gasteiger partial charge is 0.0829 e. The van der Waals surface area contributed by atoms with Crippen LogP contribution in [0.4, 0.5) is 0 Å². The SMILES string of the molecule is c1csc(C2=NCCc3sccc32)c1. The monoisotopic (exact) mass is 219 g/mol. The Hall–Kier alpha value is -0.930. The first-order valence-electron chi connectivity index (χ1n) is 4.60. The summed E-state index contributed by atoms with van der Waals surface area (Å²) >= 11 is 3.62. The lowest BCUT2D eigenvalue weighted by molar-refractivity contribution is 0.967. The van der Waals surface area contributed by atoms with Gasteiger partial charge in [-0.1, -0.05) is 6.07 Å². The minimum absolute atomic E-state index is 0.945. The zero-order chi connectivity index (χ0) is 9.38. The average molecular weight is 219 g/mol. The standard InChI is InChI=1S/C11H9NS2/c1-2-10(13-6-1)11-8-4-7-14-9(8)3-5-12-11/h1-2,4,6-7H,3,5H2. The van der Waals surface area contributed by atoms with E-state index in [1.54, 1.807) is 11.3 Å². The molecule has 0 unspecified atom stereocenters. The van der Waals surface area contributed by atoms with Crippen molar-refractivity contribution in [3.05, 3.63) is 44.3 Å². The number of hydrogen-bond donors (Lipinski definition) is 0. The molecule has 0 aliphatic carbocycles. The summed E-state index contributed by atoms with van der Waals surface area (Å²) in [6.07, 6.45) is 1.11. The van der Waals surface area contributed by atoms with Gasteiger partial charge >= 0.3 is 0 Å². The molecule has 14 heavy (non-hydrogen) atoms. The highest BCUT2D eigenvalue weighted by atomic mass is 32.1. The van der Waals surface area contributed by atoms with Gasteiger partial charge in [0.15, 0.2) is 0 Å². The Labute approximate surface area is 90.8 Å². The summed E-state index contributed by atoms with van der Waals surface area (Å²) in [4.78, 5) is 7.40. The van der Waals surface area contributed by atoms with Crippen LogP contribution < -0.4 is 0 Å². The van der Waals surface area contributed by atoms with E-state index in [4.69, 9.17) is 0 Å². The predicted octanol–water partition coefficient (Wildman–Crippen LogP) is 3.20. The molecule has 0 atom stereocenters. The fourth-order valence-corrected chi connectivity index (χ4v) is 3.34. The highest BCUT2D eigenvalue weighted by Gasteiger charge is 2.16. The third-order valence-electron chi connectivity index (χ3n) is 2.36. The molecule has 70 valence electrons. The van der Waals surface area contributed by atoms with Crippen molar-refractivity contribution in [3.63, 3.8) is 0 Å². The lowest BCUT2D eigenvalue weighted by atomic mass is 10.1. The third kappa shape index (κ3) is 1.24. The van der Waals surface area contributed by atoms with E-state index in [0.29, 0.717) is 0 Å². The van der Waals surface area contributed by atoms with E-state index in [1.165, 1.54) is 21.0 Å². The molecule has 3 heterocycles. The van der Waals surface area contributed by atoms with Crippen molar-refractivity contribution in [1.29, 1.82) is 0 Å². The first-order chi connectivity index (χ1) is 6.95. The van der Waals surface area contributed by atoms with E-state index in [2.05, 4.69) is 34.0 Å². The van der Waals surface area contributed by atoms with Crippen molar-refractivity contribution < 1.29 is 0 Å². The maximum Gasteiger partial charge on any atom is 0.0829 e. The molecule has 0 saturated heterocycles. The topological polar surface area (TPSA) is 12.4 Å². The van der Waals surface area contributed by atoms with Crippen LogP contribution in [0.15, 0.2) is 34.0 Å². The van der Waals surface area contributed by atoms with Crippen LogP contribution in [0, 0.1) is 0 Å². The van der Waals surface area contributed by atoms with Crippen molar-refractivity contribution in [2.45, 2.75) is 6.42 Å². The molecule has 3 heteroatoms. The van der Waals surface area contributed by atoms with Gasteiger partial charge in [-0.25, -0.2) is 0 Å². The van der Waals surface area contributed by atoms with Crippen LogP contribution in [0.3, 0.4) is 0 Å². The minimum Gasteiger partial charge on any atom is -0.283 e. The zero-order valence-corrected chi connectivity index (χ0v) is 9.20. The minimum atomic E-state index is 0.945. The van der Waals surface area contributed by atoms with Gasteiger partial charge < -0.3 is 0 Å². The van der Waals surface area contributed by atoms with E-state index in [9.17, 15) is 0 Å². The van der Waals surface area contributed by atoms with Gasteiger partial charge in [-0.05, 0) is 22.9 Å². The van der Waals surface area contributed by atoms with Gasteiger partial charge in [-0.3, -0.25) is 4.99 Å². The van der Waals surface area contributed by atoms with E-state index in [1.807, 2.05) is 11.3 Å². The molecule has 1 nitrogen and oxygen atoms in total. The largest absolute Gasteiger partial charge is 0.283 e. The van der Waals surface area contributed by atoms with Gasteiger partial charge in [0.2, 0.25) is 0 Å². The number of hydrogen-bond acceptors (Lipinski definition) is 3. The quantitative estimate of drug-likeness (QED) is 0.698. The summed E-state index contributed by atoms with van der Waals surface area (Å²) in [5, 5.41) is 4.28. The molecule has 0 aromatic carbocycles. The van der Waals surface area contributed by atoms with Crippen LogP contribution in [0.2, 0.25) is 0 Å². The van der Waals surface area contributed by atoms with Gasteiger partial charge in [-0.15, -0.1) is 22.7 Å². The molecule has 2 aromatic heterocycles. The molecular formula is C11H9NS2. The van der Waals surface area contributed by atoms with Gasteiger partial charge in [0, 0.05) is 23.4 Å². The van der Waals surface area contributed by atoms with Crippen LogP contribution in [-0.4, -0.2) is 12.3 Å². The van der Waals surface area contributed by atoms with Crippen molar-refractivity contribution in [3.8, 4) is 0 Å². The summed E-state index contributed by atoms with van der Waals surface area (Å²) in [7, 11) is 0. The summed E-state index contributed by atoms with van der Waals surface area (Å²) in [6.45, 7) is 0.945. The van der Waals surface area contributed by atoms with Crippen LogP contribution >= 0.6 is 22.7 Å². The number of rotatable bonds is 1. The lowest BCUT2D eigenvalue weighted by Gasteiger charge is -2.10. The molecule has 3 rings (SSSR count). The second-order valence-corrected chi connectivity index (χ2v) is 5.16. The third-order valence-corrected chi connectivity index (χ3v) is 4.22. The number of aliphatic imine (C=N–C) groups is 1. The van der Waals surface area contributed by atoms with E-state index < -0.39 is 0 Å². The van der Waals surface area contributed by atoms with Crippen molar-refractivity contribution >= 4 is 28.4 Å². The average Bonchev–Trinajstić information content (AvgIpc) is 2.88. The summed E-state index contributed by atoms with van der Waals surface area (Å²) in [6, 6.07) is 6.43. The Kier molecular flexibility index (Phi) is 2.00. The Morgan fingerprint density at radius 3 is 3.00 bits per heavy atom. The fourth-order valence-electron chi connectivity index (χ4n) is 1.72. The molecule has 2 aromatic rings. The normalized spacial score (nSPS) is 15.0. The van der Waals surface area contributed by atoms with Crippen molar-refractivity contribution in [2.75, 3.05) is 6.54 Å². The molecular weight excluding hydrogens is 210 g/mol. The molecule has 0 saturated carbocycles. The molecule has 0 bridgehead atoms. The van der Waals surface area contributed by atoms with Gasteiger partial charge in [0.1, 0.15) is 0 Å². The van der Waals surface area contributed by atoms with E-state index >= 15 is 0 Å². The first-order valence-corrected chi connectivity index (χ1v) is 6.36. The van der Waals surface area contributed by atoms with Crippen LogP contribution in [0.25, 0.3) is 0 Å². The van der Waals surface area contributed by atoms with E-state index in [-0.39, 0.29) is 0 Å². The highest BCUT2D eigenvalue weighted by molar-refractivity contribution is 7.13. The van der Waals surface area contributed by atoms with Crippen molar-refractivity contribution in [2.24, 2.45) is 4.99 Å². The maximum absolute atomic E-state index is 4.62. The summed E-state index contributed by atoms with van der Waals surface area (Å²) in [5.74, 6) is 0. The van der Waals surface area contributed by atoms with Crippen LogP contribution in [0.1, 0.15) is 15.3 Å². The number of thiophene rings is 2. The second-order valence-electron chi connectivity index (χ2n) is 3.22. The van der Waals surface area contributed by atoms with Gasteiger partial charge in [0.25, 0.3) is 0 Å². The lowest BCUT2D eigenvalue weighted by Crippen LogP contribution is -2.10. The second kappa shape index (κ2) is 3.33. The molecule has 1 aliphatic rings. The molecule has 0 radical (unpaired) electrons. The number of nitrogens with zero attached hydrogens (tertiary/aromatic N) is 1. The zero-order valence-electron chi connectivity index (χ0n) is 7.56. The van der Waals surface area contributed by atoms with Gasteiger partial charge in [-0.2, -0.15) is 0 Å². The highest BCUT2D eigenvalue weighted by Crippen LogP contribution is 2.26. The Morgan fingerprint density at radius 2 is 2.14 bits per heavy atom. The van der Waals surface area contributed by atoms with Crippen LogP contribution in [-0.2, 0) is 6.42 Å². The molecule has 0 amide bonds. The fraction of sp³-hybridized carbons (Fsp3) is 0.182. The summed E-state index contributed by atoms with van der Waals surface area (Å²) in [5.41, 5.74) is 2.55. The van der Waals surface area contributed by atoms with Crippen LogP contribution in [0.5, 0.6) is 0 Å². The molecule has 1 aliphatic heterocycles. The van der Waals surface area contributed by atoms with Crippen molar-refractivity contribution in [1.82, 2.24) is 0 Å². The predicted molar refractivity (Wildman–Crippen MR) is 62.8 cm³/mol. The summed E-state index contributed by atoms with van der Waals surface area (Å²) < 4.78 is 0. The number of fused-ring (bicyclic) bond motifs is 1.